The molecule has 0 unspecified atom stereocenters. The molecule has 0 radical (unpaired) electrons. The van der Waals surface area contributed by atoms with Crippen molar-refractivity contribution in [3.8, 4) is 0 Å². The van der Waals surface area contributed by atoms with E-state index in [-0.39, 0.29) is 19.3 Å². The number of amides is 5. The maximum Gasteiger partial charge on any atom is 0.328 e. The fourth-order valence-corrected chi connectivity index (χ4v) is 5.08. The maximum atomic E-state index is 13.9. The number of hydrogen-bond donors (Lipinski definition) is 4. The Balaban J connectivity index is 2.03. The van der Waals surface area contributed by atoms with Gasteiger partial charge in [-0.15, -0.1) is 0 Å². The number of carbonyl (C=O) groups is 7. The molecule has 1 fully saturated rings. The van der Waals surface area contributed by atoms with Crippen molar-refractivity contribution >= 4 is 47.6 Å². The Bertz CT molecular complexity index is 1520. The number of rotatable bonds is 6. The fourth-order valence-electron chi connectivity index (χ4n) is 5.08. The first-order chi connectivity index (χ1) is 23.4. The van der Waals surface area contributed by atoms with E-state index < -0.39 is 84.5 Å². The Morgan fingerprint density at radius 3 is 2.04 bits per heavy atom. The molecule has 0 saturated carbocycles. The summed E-state index contributed by atoms with van der Waals surface area (Å²) in [5, 5.41) is 10.6. The largest absolute Gasteiger partial charge is 0.467 e. The average Bonchev–Trinajstić information content (AvgIpc) is 3.10. The number of benzene rings is 2. The highest BCUT2D eigenvalue weighted by Crippen LogP contribution is 2.13. The molecule has 262 valence electrons. The average molecular weight is 678 g/mol. The highest BCUT2D eigenvalue weighted by Gasteiger charge is 2.33. The van der Waals surface area contributed by atoms with Gasteiger partial charge in [0.1, 0.15) is 18.1 Å². The van der Waals surface area contributed by atoms with Crippen molar-refractivity contribution in [2.45, 2.75) is 56.8 Å². The molecule has 3 rings (SSSR count). The summed E-state index contributed by atoms with van der Waals surface area (Å²) in [5.74, 6) is -5.91. The van der Waals surface area contributed by atoms with E-state index in [9.17, 15) is 33.6 Å². The number of hydrogen-bond acceptors (Lipinski definition) is 9. The molecule has 0 aliphatic carbocycles. The second-order valence-corrected chi connectivity index (χ2v) is 11.6. The first-order valence-electron chi connectivity index (χ1n) is 15.8. The smallest absolute Gasteiger partial charge is 0.328 e. The van der Waals surface area contributed by atoms with Crippen LogP contribution >= 0.6 is 0 Å². The predicted octanol–water partition coefficient (Wildman–Crippen LogP) is 0.506. The van der Waals surface area contributed by atoms with Crippen LogP contribution < -0.4 is 21.3 Å². The van der Waals surface area contributed by atoms with Crippen LogP contribution in [0.4, 0.5) is 0 Å². The third kappa shape index (κ3) is 11.9. The van der Waals surface area contributed by atoms with Crippen LogP contribution in [0.3, 0.4) is 0 Å². The quantitative estimate of drug-likeness (QED) is 0.316. The van der Waals surface area contributed by atoms with Gasteiger partial charge < -0.3 is 35.6 Å². The molecule has 1 aliphatic rings. The van der Waals surface area contributed by atoms with Gasteiger partial charge >= 0.3 is 11.9 Å². The van der Waals surface area contributed by atoms with E-state index in [1.165, 1.54) is 7.05 Å². The van der Waals surface area contributed by atoms with Crippen molar-refractivity contribution in [3.63, 3.8) is 0 Å². The zero-order valence-corrected chi connectivity index (χ0v) is 28.0. The number of methoxy groups -OCH3 is 2. The van der Waals surface area contributed by atoms with Crippen LogP contribution in [0.2, 0.25) is 0 Å². The number of carbonyl (C=O) groups excluding carboxylic acids is 7. The molecule has 1 heterocycles. The maximum absolute atomic E-state index is 13.9. The van der Waals surface area contributed by atoms with Gasteiger partial charge in [0.15, 0.2) is 0 Å². The van der Waals surface area contributed by atoms with Crippen molar-refractivity contribution in [3.05, 3.63) is 77.9 Å². The number of esters is 2. The number of ether oxygens (including phenoxy) is 2. The lowest BCUT2D eigenvalue weighted by Crippen LogP contribution is -2.55. The summed E-state index contributed by atoms with van der Waals surface area (Å²) in [7, 11) is 3.60. The van der Waals surface area contributed by atoms with Crippen LogP contribution in [-0.4, -0.2) is 98.4 Å². The monoisotopic (exact) mass is 677 g/mol. The van der Waals surface area contributed by atoms with Gasteiger partial charge in [0.2, 0.25) is 29.5 Å². The van der Waals surface area contributed by atoms with E-state index in [0.717, 1.165) is 30.2 Å². The molecule has 4 N–H and O–H groups in total. The SMILES string of the molecule is COC(=O)[C@H]1CC(=O)N[C@@H](Cc2ccccc2)C(=O)N[C@@H](/C=C/c2ccccc2)[C@@H](C)C(=O)N[C@@H](C(=O)OC)CCC(=O)N(C)CC(=O)N1. The Morgan fingerprint density at radius 2 is 1.41 bits per heavy atom. The number of nitrogens with one attached hydrogen (secondary N) is 4. The topological polar surface area (TPSA) is 189 Å². The molecule has 0 aromatic heterocycles. The summed E-state index contributed by atoms with van der Waals surface area (Å²) < 4.78 is 9.65. The lowest BCUT2D eigenvalue weighted by molar-refractivity contribution is -0.147. The van der Waals surface area contributed by atoms with Crippen molar-refractivity contribution < 1.29 is 43.0 Å². The van der Waals surface area contributed by atoms with Crippen LogP contribution in [0.25, 0.3) is 6.08 Å². The summed E-state index contributed by atoms with van der Waals surface area (Å²) in [4.78, 5) is 92.8. The van der Waals surface area contributed by atoms with Crippen molar-refractivity contribution in [2.24, 2.45) is 5.92 Å². The van der Waals surface area contributed by atoms with Crippen molar-refractivity contribution in [2.75, 3.05) is 27.8 Å². The molecule has 5 amide bonds. The van der Waals surface area contributed by atoms with Gasteiger partial charge in [-0.3, -0.25) is 24.0 Å². The predicted molar refractivity (Wildman–Crippen MR) is 178 cm³/mol. The van der Waals surface area contributed by atoms with Gasteiger partial charge in [0.05, 0.1) is 39.1 Å². The van der Waals surface area contributed by atoms with Crippen molar-refractivity contribution in [1.29, 1.82) is 0 Å². The lowest BCUT2D eigenvalue weighted by Gasteiger charge is -2.27. The lowest BCUT2D eigenvalue weighted by atomic mass is 9.97. The summed E-state index contributed by atoms with van der Waals surface area (Å²) in [6.07, 6.45) is 2.47. The highest BCUT2D eigenvalue weighted by atomic mass is 16.5. The third-order valence-electron chi connectivity index (χ3n) is 7.96. The second-order valence-electron chi connectivity index (χ2n) is 11.6. The number of likely N-dealkylation sites (N-methyl/N-ethyl adjacent to an activating group) is 1. The van der Waals surface area contributed by atoms with Gasteiger partial charge in [0.25, 0.3) is 0 Å². The molecule has 1 aliphatic heterocycles. The minimum Gasteiger partial charge on any atom is -0.467 e. The molecular weight excluding hydrogens is 634 g/mol. The van der Waals surface area contributed by atoms with E-state index in [1.54, 1.807) is 49.4 Å². The van der Waals surface area contributed by atoms with Crippen LogP contribution in [0, 0.1) is 5.92 Å². The molecule has 2 aromatic rings. The van der Waals surface area contributed by atoms with Gasteiger partial charge in [-0.25, -0.2) is 9.59 Å². The summed E-state index contributed by atoms with van der Waals surface area (Å²) >= 11 is 0. The van der Waals surface area contributed by atoms with Gasteiger partial charge in [-0.2, -0.15) is 0 Å². The molecule has 14 nitrogen and oxygen atoms in total. The first-order valence-corrected chi connectivity index (χ1v) is 15.8. The van der Waals surface area contributed by atoms with Gasteiger partial charge in [-0.1, -0.05) is 79.7 Å². The standard InChI is InChI=1S/C35H43N5O9/c1-22-25(16-15-23-11-7-5-8-12-23)38-33(45)27(19-24-13-9-6-10-14-24)36-29(41)20-28(35(47)49-4)37-30(42)21-40(2)31(43)18-17-26(34(46)48-3)39-32(22)44/h5-16,22,25-28H,17-21H2,1-4H3,(H,36,41)(H,37,42)(H,38,45)(H,39,44)/b16-15+/t22-,25+,26-,27+,28-/m1/s1. The third-order valence-corrected chi connectivity index (χ3v) is 7.96. The first kappa shape index (κ1) is 37.9. The van der Waals surface area contributed by atoms with E-state index in [0.29, 0.717) is 0 Å². The molecule has 2 aromatic carbocycles. The molecular formula is C35H43N5O9. The Hall–Kier alpha value is -5.53. The molecule has 0 spiro atoms. The molecule has 0 bridgehead atoms. The molecule has 1 saturated heterocycles. The van der Waals surface area contributed by atoms with Crippen molar-refractivity contribution in [1.82, 2.24) is 26.2 Å². The van der Waals surface area contributed by atoms with E-state index in [2.05, 4.69) is 21.3 Å². The van der Waals surface area contributed by atoms with Crippen LogP contribution in [0.15, 0.2) is 66.7 Å². The zero-order chi connectivity index (χ0) is 35.9. The van der Waals surface area contributed by atoms with E-state index in [1.807, 2.05) is 30.3 Å². The Kier molecular flexibility index (Phi) is 14.5. The Labute approximate surface area is 285 Å². The van der Waals surface area contributed by atoms with Crippen LogP contribution in [0.1, 0.15) is 37.3 Å². The van der Waals surface area contributed by atoms with E-state index >= 15 is 0 Å². The summed E-state index contributed by atoms with van der Waals surface area (Å²) in [5.41, 5.74) is 1.51. The normalized spacial score (nSPS) is 23.6. The second kappa shape index (κ2) is 18.7. The van der Waals surface area contributed by atoms with Gasteiger partial charge in [-0.05, 0) is 17.5 Å². The van der Waals surface area contributed by atoms with Crippen LogP contribution in [0.5, 0.6) is 0 Å². The Morgan fingerprint density at radius 1 is 0.796 bits per heavy atom. The minimum atomic E-state index is -1.42. The zero-order valence-electron chi connectivity index (χ0n) is 28.0. The molecule has 5 atom stereocenters. The highest BCUT2D eigenvalue weighted by molar-refractivity contribution is 5.94. The number of nitrogens with zero attached hydrogens (tertiary/aromatic N) is 1. The van der Waals surface area contributed by atoms with E-state index in [4.69, 9.17) is 9.47 Å². The molecule has 14 heteroatoms. The molecule has 49 heavy (non-hydrogen) atoms. The minimum absolute atomic E-state index is 0.0562. The van der Waals surface area contributed by atoms with Gasteiger partial charge in [0, 0.05) is 19.9 Å². The fraction of sp³-hybridized carbons (Fsp3) is 0.400. The summed E-state index contributed by atoms with van der Waals surface area (Å²) in [6.45, 7) is 1.09. The summed E-state index contributed by atoms with van der Waals surface area (Å²) in [6, 6.07) is 13.4. The van der Waals surface area contributed by atoms with Crippen LogP contribution in [-0.2, 0) is 49.5 Å².